The molecule has 0 spiro atoms. The Bertz CT molecular complexity index is 1430. The fraction of sp³-hybridized carbons (Fsp3) is 0.258. The summed E-state index contributed by atoms with van der Waals surface area (Å²) in [6.45, 7) is 6.86. The second-order valence-electron chi connectivity index (χ2n) is 9.77. The molecule has 5 rings (SSSR count). The first-order valence-corrected chi connectivity index (χ1v) is 13.9. The van der Waals surface area contributed by atoms with Gasteiger partial charge in [-0.15, -0.1) is 0 Å². The minimum absolute atomic E-state index is 0.0483. The molecular weight excluding hydrogens is 492 g/mol. The van der Waals surface area contributed by atoms with Crippen molar-refractivity contribution in [2.75, 3.05) is 12.3 Å². The molecule has 3 aromatic carbocycles. The summed E-state index contributed by atoms with van der Waals surface area (Å²) >= 11 is 1.45. The van der Waals surface area contributed by atoms with Gasteiger partial charge in [0.15, 0.2) is 0 Å². The van der Waals surface area contributed by atoms with Crippen molar-refractivity contribution in [1.29, 1.82) is 0 Å². The number of fused-ring (bicyclic) bond motifs is 1. The summed E-state index contributed by atoms with van der Waals surface area (Å²) < 4.78 is 1.87. The lowest BCUT2D eigenvalue weighted by atomic mass is 10.0. The second-order valence-corrected chi connectivity index (χ2v) is 10.7. The van der Waals surface area contributed by atoms with Crippen molar-refractivity contribution in [3.8, 4) is 5.69 Å². The topological polar surface area (TPSA) is 67.2 Å². The predicted molar refractivity (Wildman–Crippen MR) is 151 cm³/mol. The van der Waals surface area contributed by atoms with Crippen LogP contribution in [0.25, 0.3) is 5.69 Å². The second kappa shape index (κ2) is 11.3. The summed E-state index contributed by atoms with van der Waals surface area (Å²) in [4.78, 5) is 29.2. The van der Waals surface area contributed by atoms with Crippen molar-refractivity contribution in [3.05, 3.63) is 112 Å². The molecule has 1 N–H and O–H groups in total. The van der Waals surface area contributed by atoms with E-state index in [1.807, 2.05) is 73.1 Å². The maximum Gasteiger partial charge on any atom is 0.247 e. The van der Waals surface area contributed by atoms with Crippen molar-refractivity contribution in [3.63, 3.8) is 0 Å². The molecule has 6 nitrogen and oxygen atoms in total. The number of amides is 2. The van der Waals surface area contributed by atoms with Gasteiger partial charge in [0.25, 0.3) is 0 Å². The van der Waals surface area contributed by atoms with Gasteiger partial charge in [-0.25, -0.2) is 4.68 Å². The maximum atomic E-state index is 13.9. The van der Waals surface area contributed by atoms with E-state index in [1.54, 1.807) is 4.90 Å². The highest BCUT2D eigenvalue weighted by atomic mass is 32.2. The van der Waals surface area contributed by atoms with Gasteiger partial charge in [0.2, 0.25) is 11.8 Å². The average molecular weight is 525 g/mol. The predicted octanol–water partition coefficient (Wildman–Crippen LogP) is 5.33. The number of hydrogen-bond donors (Lipinski definition) is 1. The molecule has 2 heterocycles. The number of aromatic nitrogens is 2. The molecule has 0 aliphatic carbocycles. The molecular formula is C31H32N4O2S. The molecule has 0 fully saturated rings. The van der Waals surface area contributed by atoms with Crippen LogP contribution in [0.5, 0.6) is 0 Å². The largest absolute Gasteiger partial charge is 0.350 e. The number of para-hydroxylation sites is 1. The van der Waals surface area contributed by atoms with E-state index in [0.29, 0.717) is 19.5 Å². The van der Waals surface area contributed by atoms with Crippen LogP contribution in [0.3, 0.4) is 0 Å². The lowest BCUT2D eigenvalue weighted by molar-refractivity contribution is -0.139. The zero-order valence-corrected chi connectivity index (χ0v) is 22.8. The number of rotatable bonds is 7. The Kier molecular flexibility index (Phi) is 7.65. The zero-order chi connectivity index (χ0) is 26.6. The van der Waals surface area contributed by atoms with Crippen LogP contribution in [0.1, 0.15) is 39.6 Å². The Morgan fingerprint density at radius 1 is 0.921 bits per heavy atom. The smallest absolute Gasteiger partial charge is 0.247 e. The Balaban J connectivity index is 1.50. The molecule has 0 unspecified atom stereocenters. The summed E-state index contributed by atoms with van der Waals surface area (Å²) in [7, 11) is 0. The van der Waals surface area contributed by atoms with E-state index in [4.69, 9.17) is 5.10 Å². The molecule has 1 aromatic heterocycles. The van der Waals surface area contributed by atoms with Gasteiger partial charge in [-0.2, -0.15) is 5.10 Å². The van der Waals surface area contributed by atoms with E-state index >= 15 is 0 Å². The number of benzene rings is 3. The first-order chi connectivity index (χ1) is 18.4. The molecule has 38 heavy (non-hydrogen) atoms. The molecule has 0 radical (unpaired) electrons. The third kappa shape index (κ3) is 5.53. The van der Waals surface area contributed by atoms with Gasteiger partial charge < -0.3 is 10.2 Å². The monoisotopic (exact) mass is 524 g/mol. The summed E-state index contributed by atoms with van der Waals surface area (Å²) in [5, 5.41) is 8.78. The quantitative estimate of drug-likeness (QED) is 0.355. The van der Waals surface area contributed by atoms with E-state index in [9.17, 15) is 9.59 Å². The molecule has 0 saturated carbocycles. The molecule has 0 bridgehead atoms. The number of hydrogen-bond acceptors (Lipinski definition) is 4. The molecule has 0 saturated heterocycles. The van der Waals surface area contributed by atoms with Crippen LogP contribution >= 0.6 is 11.8 Å². The first kappa shape index (κ1) is 25.8. The van der Waals surface area contributed by atoms with Gasteiger partial charge in [-0.1, -0.05) is 89.6 Å². The Morgan fingerprint density at radius 2 is 1.55 bits per heavy atom. The van der Waals surface area contributed by atoms with Gasteiger partial charge in [-0.05, 0) is 50.5 Å². The van der Waals surface area contributed by atoms with Gasteiger partial charge in [0.1, 0.15) is 11.1 Å². The highest BCUT2D eigenvalue weighted by Gasteiger charge is 2.39. The summed E-state index contributed by atoms with van der Waals surface area (Å²) in [6.07, 6.45) is 0.666. The lowest BCUT2D eigenvalue weighted by Gasteiger charge is -2.30. The van der Waals surface area contributed by atoms with E-state index in [-0.39, 0.29) is 17.6 Å². The van der Waals surface area contributed by atoms with Crippen molar-refractivity contribution in [1.82, 2.24) is 20.0 Å². The van der Waals surface area contributed by atoms with Crippen molar-refractivity contribution < 1.29 is 9.59 Å². The van der Waals surface area contributed by atoms with E-state index in [0.717, 1.165) is 33.1 Å². The number of carbonyl (C=O) groups is 2. The number of nitrogens with one attached hydrogen (secondary N) is 1. The number of carbonyl (C=O) groups excluding carboxylic acids is 2. The van der Waals surface area contributed by atoms with Crippen LogP contribution in [0.15, 0.2) is 83.9 Å². The highest BCUT2D eigenvalue weighted by molar-refractivity contribution is 8.00. The Morgan fingerprint density at radius 3 is 2.21 bits per heavy atom. The third-order valence-corrected chi connectivity index (χ3v) is 7.96. The molecule has 7 heteroatoms. The van der Waals surface area contributed by atoms with Crippen LogP contribution in [0.2, 0.25) is 0 Å². The summed E-state index contributed by atoms with van der Waals surface area (Å²) in [5.41, 5.74) is 6.97. The standard InChI is InChI=1S/C31H32N4O2S/c1-21-9-13-24(14-10-21)17-18-34-27(36)20-38-31-28(23(3)33-35(31)26-7-5-4-6-8-26)29(34)30(37)32-19-25-15-11-22(2)12-16-25/h4-16,29H,17-20H2,1-3H3,(H,32,37)/t29-/m1/s1. The van der Waals surface area contributed by atoms with Crippen LogP contribution in [0, 0.1) is 20.8 Å². The SMILES string of the molecule is Cc1ccc(CCN2C(=O)CSc3c(c(C)nn3-c3ccccc3)[C@@H]2C(=O)NCc2ccc(C)cc2)cc1. The van der Waals surface area contributed by atoms with Crippen LogP contribution < -0.4 is 5.32 Å². The van der Waals surface area contributed by atoms with Crippen LogP contribution in [0.4, 0.5) is 0 Å². The normalized spacial score (nSPS) is 15.2. The molecule has 1 aliphatic heterocycles. The Labute approximate surface area is 228 Å². The zero-order valence-electron chi connectivity index (χ0n) is 22.0. The Hall–Kier alpha value is -3.84. The fourth-order valence-electron chi connectivity index (χ4n) is 4.75. The fourth-order valence-corrected chi connectivity index (χ4v) is 5.86. The van der Waals surface area contributed by atoms with E-state index < -0.39 is 6.04 Å². The molecule has 1 atom stereocenters. The van der Waals surface area contributed by atoms with Crippen LogP contribution in [-0.4, -0.2) is 38.8 Å². The third-order valence-electron chi connectivity index (χ3n) is 6.90. The summed E-state index contributed by atoms with van der Waals surface area (Å²) in [6, 6.07) is 25.5. The van der Waals surface area contributed by atoms with Gasteiger partial charge in [0.05, 0.1) is 17.1 Å². The van der Waals surface area contributed by atoms with Gasteiger partial charge in [0, 0.05) is 18.7 Å². The average Bonchev–Trinajstić information content (AvgIpc) is 3.17. The van der Waals surface area contributed by atoms with Crippen LogP contribution in [-0.2, 0) is 22.6 Å². The van der Waals surface area contributed by atoms with E-state index in [2.05, 4.69) is 36.5 Å². The molecule has 1 aliphatic rings. The molecule has 194 valence electrons. The van der Waals surface area contributed by atoms with Crippen molar-refractivity contribution in [2.45, 2.75) is 44.8 Å². The number of nitrogens with zero attached hydrogens (tertiary/aromatic N) is 3. The maximum absolute atomic E-state index is 13.9. The minimum atomic E-state index is -0.763. The summed E-state index contributed by atoms with van der Waals surface area (Å²) in [5.74, 6) is 0.00996. The molecule has 4 aromatic rings. The minimum Gasteiger partial charge on any atom is -0.350 e. The number of aryl methyl sites for hydroxylation is 3. The van der Waals surface area contributed by atoms with E-state index in [1.165, 1.54) is 22.9 Å². The first-order valence-electron chi connectivity index (χ1n) is 12.9. The van der Waals surface area contributed by atoms with Crippen molar-refractivity contribution in [2.24, 2.45) is 0 Å². The number of thioether (sulfide) groups is 1. The lowest BCUT2D eigenvalue weighted by Crippen LogP contribution is -2.44. The van der Waals surface area contributed by atoms with Gasteiger partial charge >= 0.3 is 0 Å². The van der Waals surface area contributed by atoms with Crippen molar-refractivity contribution >= 4 is 23.6 Å². The molecule has 2 amide bonds. The highest BCUT2D eigenvalue weighted by Crippen LogP contribution is 2.39. The van der Waals surface area contributed by atoms with Gasteiger partial charge in [-0.3, -0.25) is 9.59 Å².